The van der Waals surface area contributed by atoms with E-state index in [1.807, 2.05) is 12.1 Å². The topological polar surface area (TPSA) is 0 Å². The third-order valence-corrected chi connectivity index (χ3v) is 8.69. The molecule has 0 spiro atoms. The van der Waals surface area contributed by atoms with Gasteiger partial charge in [-0.25, -0.2) is 0 Å². The summed E-state index contributed by atoms with van der Waals surface area (Å²) in [5.74, 6) is 7.28. The van der Waals surface area contributed by atoms with E-state index in [1.165, 1.54) is 53.5 Å². The van der Waals surface area contributed by atoms with Crippen LogP contribution in [-0.2, 0) is 12.8 Å². The SMILES string of the molecule is C#Cc1ccc(CC2CCC(C(C(=C)CCc3ccccc3)c3ccc(-c4ccccc4C#C)cc3)CC2)cc1. The average Bonchev–Trinajstić information content (AvgIpc) is 3.02. The smallest absolute Gasteiger partial charge is 0.0321 e. The van der Waals surface area contributed by atoms with Crippen molar-refractivity contribution >= 4 is 0 Å². The lowest BCUT2D eigenvalue weighted by Crippen LogP contribution is -2.23. The van der Waals surface area contributed by atoms with Crippen molar-refractivity contribution in [1.82, 2.24) is 0 Å². The standard InChI is InChI=1S/C40H38/c1-4-31-17-19-33(20-18-31)29-34-21-23-37(24-22-34)40(30(3)15-16-32-11-7-6-8-12-32)38-27-25-36(26-28-38)39-14-10-9-13-35(39)5-2/h1-2,6-14,17-20,25-28,34,37,40H,3,15-16,21-24,29H2. The van der Waals surface area contributed by atoms with Crippen LogP contribution in [0, 0.1) is 36.5 Å². The quantitative estimate of drug-likeness (QED) is 0.153. The summed E-state index contributed by atoms with van der Waals surface area (Å²) in [5.41, 5.74) is 9.70. The highest BCUT2D eigenvalue weighted by atomic mass is 14.3. The van der Waals surface area contributed by atoms with E-state index in [0.717, 1.165) is 41.9 Å². The zero-order chi connectivity index (χ0) is 27.7. The van der Waals surface area contributed by atoms with Crippen molar-refractivity contribution in [2.75, 3.05) is 0 Å². The number of benzene rings is 4. The van der Waals surface area contributed by atoms with Crippen LogP contribution in [0.2, 0.25) is 0 Å². The molecule has 1 aliphatic carbocycles. The van der Waals surface area contributed by atoms with Crippen molar-refractivity contribution < 1.29 is 0 Å². The van der Waals surface area contributed by atoms with Crippen LogP contribution < -0.4 is 0 Å². The Morgan fingerprint density at radius 1 is 0.725 bits per heavy atom. The number of rotatable bonds is 9. The first-order valence-corrected chi connectivity index (χ1v) is 14.6. The fraction of sp³-hybridized carbons (Fsp3) is 0.250. The third-order valence-electron chi connectivity index (χ3n) is 8.69. The maximum Gasteiger partial charge on any atom is 0.0321 e. The molecule has 1 atom stereocenters. The zero-order valence-electron chi connectivity index (χ0n) is 23.4. The van der Waals surface area contributed by atoms with E-state index in [9.17, 15) is 0 Å². The Balaban J connectivity index is 1.32. The van der Waals surface area contributed by atoms with Crippen molar-refractivity contribution in [2.24, 2.45) is 11.8 Å². The van der Waals surface area contributed by atoms with E-state index >= 15 is 0 Å². The Labute approximate surface area is 241 Å². The Hall–Kier alpha value is -4.26. The highest BCUT2D eigenvalue weighted by Gasteiger charge is 2.30. The van der Waals surface area contributed by atoms with E-state index < -0.39 is 0 Å². The minimum absolute atomic E-state index is 0.372. The molecule has 0 saturated heterocycles. The van der Waals surface area contributed by atoms with Crippen LogP contribution in [0.25, 0.3) is 11.1 Å². The second-order valence-electron chi connectivity index (χ2n) is 11.3. The first-order chi connectivity index (χ1) is 19.6. The van der Waals surface area contributed by atoms with Gasteiger partial charge in [0.05, 0.1) is 0 Å². The molecule has 0 nitrogen and oxygen atoms in total. The first-order valence-electron chi connectivity index (χ1n) is 14.6. The fourth-order valence-electron chi connectivity index (χ4n) is 6.47. The van der Waals surface area contributed by atoms with Crippen molar-refractivity contribution in [1.29, 1.82) is 0 Å². The van der Waals surface area contributed by atoms with E-state index in [-0.39, 0.29) is 0 Å². The molecule has 0 heterocycles. The summed E-state index contributed by atoms with van der Waals surface area (Å²) in [5, 5.41) is 0. The maximum atomic E-state index is 5.79. The molecule has 1 unspecified atom stereocenters. The predicted octanol–water partition coefficient (Wildman–Crippen LogP) is 9.64. The molecule has 5 rings (SSSR count). The lowest BCUT2D eigenvalue weighted by molar-refractivity contribution is 0.252. The summed E-state index contributed by atoms with van der Waals surface area (Å²) in [6.45, 7) is 4.69. The Kier molecular flexibility index (Phi) is 9.01. The minimum atomic E-state index is 0.372. The van der Waals surface area contributed by atoms with Crippen LogP contribution in [0.1, 0.15) is 65.8 Å². The van der Waals surface area contributed by atoms with Gasteiger partial charge in [0.15, 0.2) is 0 Å². The molecule has 198 valence electrons. The number of hydrogen-bond acceptors (Lipinski definition) is 0. The molecule has 0 aliphatic heterocycles. The molecule has 0 aromatic heterocycles. The van der Waals surface area contributed by atoms with Crippen LogP contribution in [0.3, 0.4) is 0 Å². The van der Waals surface area contributed by atoms with Gasteiger partial charge in [-0.3, -0.25) is 0 Å². The number of terminal acetylenes is 2. The van der Waals surface area contributed by atoms with Crippen LogP contribution in [0.15, 0.2) is 115 Å². The van der Waals surface area contributed by atoms with Crippen molar-refractivity contribution in [3.05, 3.63) is 143 Å². The van der Waals surface area contributed by atoms with Gasteiger partial charge >= 0.3 is 0 Å². The largest absolute Gasteiger partial charge is 0.115 e. The molecular formula is C40H38. The average molecular weight is 519 g/mol. The maximum absolute atomic E-state index is 5.79. The fourth-order valence-corrected chi connectivity index (χ4v) is 6.47. The highest BCUT2D eigenvalue weighted by molar-refractivity contribution is 5.71. The van der Waals surface area contributed by atoms with Gasteiger partial charge in [0.25, 0.3) is 0 Å². The molecule has 0 radical (unpaired) electrons. The van der Waals surface area contributed by atoms with Gasteiger partial charge in [-0.05, 0) is 103 Å². The summed E-state index contributed by atoms with van der Waals surface area (Å²) in [6.07, 6.45) is 19.5. The molecule has 0 heteroatoms. The lowest BCUT2D eigenvalue weighted by atomic mass is 9.69. The van der Waals surface area contributed by atoms with Gasteiger partial charge in [0.2, 0.25) is 0 Å². The van der Waals surface area contributed by atoms with Gasteiger partial charge in [-0.2, -0.15) is 0 Å². The van der Waals surface area contributed by atoms with Crippen LogP contribution >= 0.6 is 0 Å². The Morgan fingerprint density at radius 2 is 1.40 bits per heavy atom. The molecule has 4 aromatic carbocycles. The van der Waals surface area contributed by atoms with E-state index in [4.69, 9.17) is 19.4 Å². The Bertz CT molecular complexity index is 1480. The monoisotopic (exact) mass is 518 g/mol. The Morgan fingerprint density at radius 3 is 2.08 bits per heavy atom. The normalized spacial score (nSPS) is 17.4. The van der Waals surface area contributed by atoms with Crippen LogP contribution in [0.4, 0.5) is 0 Å². The van der Waals surface area contributed by atoms with Gasteiger partial charge in [0.1, 0.15) is 0 Å². The second-order valence-corrected chi connectivity index (χ2v) is 11.3. The molecule has 0 bridgehead atoms. The van der Waals surface area contributed by atoms with Crippen LogP contribution in [0.5, 0.6) is 0 Å². The molecule has 0 amide bonds. The highest BCUT2D eigenvalue weighted by Crippen LogP contribution is 2.44. The van der Waals surface area contributed by atoms with Crippen molar-refractivity contribution in [2.45, 2.75) is 50.9 Å². The molecular weight excluding hydrogens is 480 g/mol. The first kappa shape index (κ1) is 27.3. The number of hydrogen-bond donors (Lipinski definition) is 0. The summed E-state index contributed by atoms with van der Waals surface area (Å²) >= 11 is 0. The number of allylic oxidation sites excluding steroid dienone is 1. The summed E-state index contributed by atoms with van der Waals surface area (Å²) in [4.78, 5) is 0. The summed E-state index contributed by atoms with van der Waals surface area (Å²) in [7, 11) is 0. The molecule has 4 aromatic rings. The number of aryl methyl sites for hydroxylation is 1. The molecule has 1 aliphatic rings. The molecule has 0 N–H and O–H groups in total. The van der Waals surface area contributed by atoms with E-state index in [2.05, 4.69) is 103 Å². The minimum Gasteiger partial charge on any atom is -0.115 e. The van der Waals surface area contributed by atoms with Gasteiger partial charge in [-0.1, -0.05) is 109 Å². The second kappa shape index (κ2) is 13.2. The summed E-state index contributed by atoms with van der Waals surface area (Å²) < 4.78 is 0. The van der Waals surface area contributed by atoms with Gasteiger partial charge < -0.3 is 0 Å². The van der Waals surface area contributed by atoms with Crippen molar-refractivity contribution in [3.8, 4) is 35.8 Å². The third kappa shape index (κ3) is 6.65. The summed E-state index contributed by atoms with van der Waals surface area (Å²) in [6, 6.07) is 36.6. The van der Waals surface area contributed by atoms with E-state index in [0.29, 0.717) is 11.8 Å². The van der Waals surface area contributed by atoms with Gasteiger partial charge in [0, 0.05) is 17.0 Å². The van der Waals surface area contributed by atoms with Gasteiger partial charge in [-0.15, -0.1) is 12.8 Å². The van der Waals surface area contributed by atoms with Crippen LogP contribution in [-0.4, -0.2) is 0 Å². The molecule has 1 saturated carbocycles. The van der Waals surface area contributed by atoms with Crippen molar-refractivity contribution in [3.63, 3.8) is 0 Å². The molecule has 1 fully saturated rings. The molecule has 40 heavy (non-hydrogen) atoms. The lowest BCUT2D eigenvalue weighted by Gasteiger charge is -2.35. The predicted molar refractivity (Wildman–Crippen MR) is 170 cm³/mol. The zero-order valence-corrected chi connectivity index (χ0v) is 23.4. The van der Waals surface area contributed by atoms with E-state index in [1.54, 1.807) is 0 Å².